The molecule has 5 rings (SSSR count). The van der Waals surface area contributed by atoms with Crippen molar-refractivity contribution in [2.45, 2.75) is 38.7 Å². The second-order valence-corrected chi connectivity index (χ2v) is 9.92. The fourth-order valence-corrected chi connectivity index (χ4v) is 4.76. The monoisotopic (exact) mass is 507 g/mol. The standard InChI is InChI=1S/C26H29N5O6/c1-26(2)12-17-9-18(20(11-21(17)37-26)31-7-4-15(13-32)5-8-31)29-23(33)19-14-35-24(30-19)16-3-6-28-22(10-16)36-25(27)34/h3,6,9-11,14-15,32H,4-5,7-8,12-13H2,1-2H3,(H2,27,34)(H,29,33). The van der Waals surface area contributed by atoms with Crippen LogP contribution in [0.3, 0.4) is 0 Å². The molecule has 0 bridgehead atoms. The zero-order valence-electron chi connectivity index (χ0n) is 20.7. The summed E-state index contributed by atoms with van der Waals surface area (Å²) in [7, 11) is 0. The molecule has 0 radical (unpaired) electrons. The molecule has 11 heteroatoms. The van der Waals surface area contributed by atoms with Crippen molar-refractivity contribution in [1.82, 2.24) is 9.97 Å². The molecule has 0 atom stereocenters. The predicted molar refractivity (Wildman–Crippen MR) is 135 cm³/mol. The number of carbonyl (C=O) groups is 2. The zero-order valence-corrected chi connectivity index (χ0v) is 20.7. The van der Waals surface area contributed by atoms with Crippen molar-refractivity contribution >= 4 is 23.4 Å². The minimum absolute atomic E-state index is 0.00732. The number of aromatic nitrogens is 2. The third-order valence-electron chi connectivity index (χ3n) is 6.57. The van der Waals surface area contributed by atoms with Gasteiger partial charge in [0, 0.05) is 55.6 Å². The molecule has 194 valence electrons. The fourth-order valence-electron chi connectivity index (χ4n) is 4.76. The van der Waals surface area contributed by atoms with E-state index in [1.807, 2.05) is 26.0 Å². The first-order valence-electron chi connectivity index (χ1n) is 12.1. The van der Waals surface area contributed by atoms with Crippen molar-refractivity contribution in [2.24, 2.45) is 11.7 Å². The molecule has 3 aromatic rings. The van der Waals surface area contributed by atoms with Gasteiger partial charge in [-0.05, 0) is 44.7 Å². The summed E-state index contributed by atoms with van der Waals surface area (Å²) in [5.41, 5.74) is 7.83. The van der Waals surface area contributed by atoms with Crippen molar-refractivity contribution in [3.05, 3.63) is 48.0 Å². The Bertz CT molecular complexity index is 1330. The minimum Gasteiger partial charge on any atom is -0.487 e. The summed E-state index contributed by atoms with van der Waals surface area (Å²) in [4.78, 5) is 34.7. The largest absolute Gasteiger partial charge is 0.487 e. The SMILES string of the molecule is CC1(C)Cc2cc(NC(=O)c3coc(-c4ccnc(OC(N)=O)c4)n3)c(N3CCC(CO)CC3)cc2O1. The number of nitrogens with zero attached hydrogens (tertiary/aromatic N) is 3. The lowest BCUT2D eigenvalue weighted by Crippen LogP contribution is -2.35. The van der Waals surface area contributed by atoms with Crippen molar-refractivity contribution < 1.29 is 28.6 Å². The normalized spacial score (nSPS) is 16.7. The quantitative estimate of drug-likeness (QED) is 0.456. The molecular weight excluding hydrogens is 478 g/mol. The minimum atomic E-state index is -0.989. The zero-order chi connectivity index (χ0) is 26.2. The maximum atomic E-state index is 13.2. The van der Waals surface area contributed by atoms with Crippen LogP contribution in [0, 0.1) is 5.92 Å². The number of benzene rings is 1. The molecule has 2 aliphatic heterocycles. The van der Waals surface area contributed by atoms with Crippen LogP contribution >= 0.6 is 0 Å². The van der Waals surface area contributed by atoms with E-state index < -0.39 is 12.0 Å². The average molecular weight is 508 g/mol. The summed E-state index contributed by atoms with van der Waals surface area (Å²) in [6.45, 7) is 5.78. The number of primary amides is 1. The number of amides is 2. The molecule has 0 spiro atoms. The number of nitrogens with two attached hydrogens (primary N) is 1. The molecule has 4 heterocycles. The first kappa shape index (κ1) is 24.6. The van der Waals surface area contributed by atoms with E-state index in [9.17, 15) is 14.7 Å². The van der Waals surface area contributed by atoms with E-state index in [-0.39, 0.29) is 35.6 Å². The smallest absolute Gasteiger partial charge is 0.411 e. The number of aliphatic hydroxyl groups excluding tert-OH is 1. The number of pyridine rings is 1. The van der Waals surface area contributed by atoms with E-state index in [1.54, 1.807) is 6.07 Å². The van der Waals surface area contributed by atoms with Crippen LogP contribution in [0.25, 0.3) is 11.5 Å². The van der Waals surface area contributed by atoms with E-state index in [0.29, 0.717) is 11.3 Å². The number of aliphatic hydroxyl groups is 1. The number of anilines is 2. The lowest BCUT2D eigenvalue weighted by molar-refractivity contribution is 0.102. The summed E-state index contributed by atoms with van der Waals surface area (Å²) >= 11 is 0. The molecule has 1 aromatic carbocycles. The molecule has 0 saturated carbocycles. The highest BCUT2D eigenvalue weighted by Gasteiger charge is 2.33. The van der Waals surface area contributed by atoms with E-state index in [4.69, 9.17) is 19.6 Å². The Morgan fingerprint density at radius 1 is 1.27 bits per heavy atom. The van der Waals surface area contributed by atoms with Gasteiger partial charge in [0.2, 0.25) is 11.8 Å². The number of oxazole rings is 1. The molecule has 2 amide bonds. The summed E-state index contributed by atoms with van der Waals surface area (Å²) in [6, 6.07) is 7.00. The van der Waals surface area contributed by atoms with Crippen molar-refractivity contribution in [3.63, 3.8) is 0 Å². The number of rotatable bonds is 6. The Labute approximate surface area is 213 Å². The maximum absolute atomic E-state index is 13.2. The number of fused-ring (bicyclic) bond motifs is 1. The Morgan fingerprint density at radius 2 is 2.05 bits per heavy atom. The first-order valence-corrected chi connectivity index (χ1v) is 12.1. The number of nitrogens with one attached hydrogen (secondary N) is 1. The maximum Gasteiger partial charge on any atom is 0.411 e. The first-order chi connectivity index (χ1) is 17.7. The summed E-state index contributed by atoms with van der Waals surface area (Å²) in [6.07, 6.45) is 4.16. The lowest BCUT2D eigenvalue weighted by Gasteiger charge is -2.34. The van der Waals surface area contributed by atoms with Gasteiger partial charge in [-0.25, -0.2) is 14.8 Å². The van der Waals surface area contributed by atoms with Gasteiger partial charge in [-0.1, -0.05) is 0 Å². The molecule has 11 nitrogen and oxygen atoms in total. The van der Waals surface area contributed by atoms with Crippen molar-refractivity contribution in [3.8, 4) is 23.1 Å². The highest BCUT2D eigenvalue weighted by molar-refractivity contribution is 6.05. The number of carbonyl (C=O) groups excluding carboxylic acids is 2. The second-order valence-electron chi connectivity index (χ2n) is 9.92. The number of ether oxygens (including phenoxy) is 2. The predicted octanol–water partition coefficient (Wildman–Crippen LogP) is 3.37. The van der Waals surface area contributed by atoms with Gasteiger partial charge < -0.3 is 34.9 Å². The molecule has 37 heavy (non-hydrogen) atoms. The Kier molecular flexibility index (Phi) is 6.46. The van der Waals surface area contributed by atoms with Gasteiger partial charge >= 0.3 is 6.09 Å². The van der Waals surface area contributed by atoms with Gasteiger partial charge in [0.25, 0.3) is 5.91 Å². The fraction of sp³-hybridized carbons (Fsp3) is 0.385. The average Bonchev–Trinajstić information content (AvgIpc) is 3.47. The summed E-state index contributed by atoms with van der Waals surface area (Å²) in [5, 5.41) is 12.5. The molecule has 0 aliphatic carbocycles. The van der Waals surface area contributed by atoms with E-state index >= 15 is 0 Å². The van der Waals surface area contributed by atoms with Gasteiger partial charge in [0.1, 0.15) is 17.6 Å². The molecule has 1 fully saturated rings. The molecule has 2 aromatic heterocycles. The molecule has 4 N–H and O–H groups in total. The van der Waals surface area contributed by atoms with Crippen LogP contribution in [0.1, 0.15) is 42.7 Å². The molecule has 2 aliphatic rings. The second kappa shape index (κ2) is 9.74. The number of hydrogen-bond acceptors (Lipinski definition) is 9. The topological polar surface area (TPSA) is 153 Å². The van der Waals surface area contributed by atoms with Gasteiger partial charge in [0.15, 0.2) is 5.69 Å². The van der Waals surface area contributed by atoms with Crippen LogP contribution in [0.4, 0.5) is 16.2 Å². The van der Waals surface area contributed by atoms with Crippen LogP contribution in [0.15, 0.2) is 41.1 Å². The molecular formula is C26H29N5O6. The number of piperidine rings is 1. The van der Waals surface area contributed by atoms with Gasteiger partial charge in [0.05, 0.1) is 11.4 Å². The van der Waals surface area contributed by atoms with Crippen LogP contribution in [0.5, 0.6) is 11.6 Å². The molecule has 1 saturated heterocycles. The highest BCUT2D eigenvalue weighted by Crippen LogP contribution is 2.42. The van der Waals surface area contributed by atoms with Gasteiger partial charge in [-0.2, -0.15) is 0 Å². The van der Waals surface area contributed by atoms with E-state index in [0.717, 1.165) is 49.4 Å². The van der Waals surface area contributed by atoms with E-state index in [1.165, 1.54) is 18.5 Å². The summed E-state index contributed by atoms with van der Waals surface area (Å²) in [5.74, 6) is 0.832. The number of hydrogen-bond donors (Lipinski definition) is 3. The third-order valence-corrected chi connectivity index (χ3v) is 6.57. The van der Waals surface area contributed by atoms with Crippen LogP contribution in [-0.4, -0.2) is 52.4 Å². The Balaban J connectivity index is 1.39. The van der Waals surface area contributed by atoms with Gasteiger partial charge in [-0.15, -0.1) is 0 Å². The van der Waals surface area contributed by atoms with Crippen molar-refractivity contribution in [2.75, 3.05) is 29.9 Å². The van der Waals surface area contributed by atoms with Crippen LogP contribution in [-0.2, 0) is 6.42 Å². The third kappa shape index (κ3) is 5.36. The van der Waals surface area contributed by atoms with Crippen LogP contribution in [0.2, 0.25) is 0 Å². The highest BCUT2D eigenvalue weighted by atomic mass is 16.6. The van der Waals surface area contributed by atoms with Crippen molar-refractivity contribution in [1.29, 1.82) is 0 Å². The Hall–Kier alpha value is -4.12. The lowest BCUT2D eigenvalue weighted by atomic mass is 9.96. The Morgan fingerprint density at radius 3 is 2.78 bits per heavy atom. The van der Waals surface area contributed by atoms with Gasteiger partial charge in [-0.3, -0.25) is 4.79 Å². The van der Waals surface area contributed by atoms with Crippen LogP contribution < -0.4 is 25.4 Å². The summed E-state index contributed by atoms with van der Waals surface area (Å²) < 4.78 is 16.5. The van der Waals surface area contributed by atoms with E-state index in [2.05, 4.69) is 20.2 Å². The molecule has 0 unspecified atom stereocenters.